The molecule has 1 atom stereocenters. The number of hydrogen-bond donors (Lipinski definition) is 1. The van der Waals surface area contributed by atoms with E-state index in [4.69, 9.17) is 4.74 Å². The maximum absolute atomic E-state index is 13.1. The highest BCUT2D eigenvalue weighted by atomic mass is 79.9. The van der Waals surface area contributed by atoms with Crippen LogP contribution in [0, 0.1) is 19.7 Å². The summed E-state index contributed by atoms with van der Waals surface area (Å²) in [6.45, 7) is 5.25. The summed E-state index contributed by atoms with van der Waals surface area (Å²) in [7, 11) is 0. The first-order valence-electron chi connectivity index (χ1n) is 7.32. The van der Waals surface area contributed by atoms with Crippen molar-refractivity contribution in [2.75, 3.05) is 5.32 Å². The summed E-state index contributed by atoms with van der Waals surface area (Å²) in [6, 6.07) is 9.29. The van der Waals surface area contributed by atoms with E-state index in [0.29, 0.717) is 5.69 Å². The van der Waals surface area contributed by atoms with Crippen molar-refractivity contribution in [1.82, 2.24) is 0 Å². The fourth-order valence-electron chi connectivity index (χ4n) is 2.17. The first-order valence-corrected chi connectivity index (χ1v) is 8.12. The van der Waals surface area contributed by atoms with E-state index >= 15 is 0 Å². The molecule has 0 bridgehead atoms. The van der Waals surface area contributed by atoms with Crippen molar-refractivity contribution in [3.8, 4) is 0 Å². The Kier molecular flexibility index (Phi) is 5.72. The van der Waals surface area contributed by atoms with Gasteiger partial charge in [-0.25, -0.2) is 9.18 Å². The number of aryl methyl sites for hydroxylation is 2. The van der Waals surface area contributed by atoms with Gasteiger partial charge in [0.2, 0.25) is 0 Å². The molecule has 0 aliphatic carbocycles. The lowest BCUT2D eigenvalue weighted by Crippen LogP contribution is -2.30. The maximum Gasteiger partial charge on any atom is 0.340 e. The second-order valence-electron chi connectivity index (χ2n) is 5.43. The monoisotopic (exact) mass is 393 g/mol. The quantitative estimate of drug-likeness (QED) is 0.783. The van der Waals surface area contributed by atoms with Gasteiger partial charge in [-0.05, 0) is 66.0 Å². The van der Waals surface area contributed by atoms with Gasteiger partial charge in [-0.2, -0.15) is 0 Å². The Morgan fingerprint density at radius 3 is 2.38 bits per heavy atom. The van der Waals surface area contributed by atoms with Gasteiger partial charge in [0.05, 0.1) is 5.56 Å². The normalized spacial score (nSPS) is 11.7. The van der Waals surface area contributed by atoms with Crippen LogP contribution in [0.25, 0.3) is 0 Å². The van der Waals surface area contributed by atoms with Crippen molar-refractivity contribution >= 4 is 33.5 Å². The molecule has 0 unspecified atom stereocenters. The Morgan fingerprint density at radius 1 is 1.17 bits per heavy atom. The Hall–Kier alpha value is -2.21. The lowest BCUT2D eigenvalue weighted by Gasteiger charge is -2.16. The van der Waals surface area contributed by atoms with E-state index in [1.807, 2.05) is 32.0 Å². The summed E-state index contributed by atoms with van der Waals surface area (Å²) < 4.78 is 18.5. The van der Waals surface area contributed by atoms with E-state index in [1.165, 1.54) is 13.0 Å². The molecular formula is C18H17BrFNO3. The van der Waals surface area contributed by atoms with Gasteiger partial charge in [-0.1, -0.05) is 18.2 Å². The molecule has 0 spiro atoms. The number of rotatable bonds is 4. The van der Waals surface area contributed by atoms with Crippen molar-refractivity contribution in [3.63, 3.8) is 0 Å². The van der Waals surface area contributed by atoms with Crippen molar-refractivity contribution < 1.29 is 18.7 Å². The Balaban J connectivity index is 2.07. The molecule has 2 aromatic carbocycles. The fraction of sp³-hybridized carbons (Fsp3) is 0.222. The van der Waals surface area contributed by atoms with Gasteiger partial charge < -0.3 is 10.1 Å². The van der Waals surface area contributed by atoms with Crippen LogP contribution in [-0.4, -0.2) is 18.0 Å². The Bertz CT molecular complexity index is 772. The average Bonchev–Trinajstić information content (AvgIpc) is 2.50. The van der Waals surface area contributed by atoms with Crippen LogP contribution in [-0.2, 0) is 9.53 Å². The molecule has 2 rings (SSSR count). The molecule has 126 valence electrons. The summed E-state index contributed by atoms with van der Waals surface area (Å²) >= 11 is 3.11. The molecular weight excluding hydrogens is 377 g/mol. The fourth-order valence-corrected chi connectivity index (χ4v) is 2.68. The molecule has 6 heteroatoms. The smallest absolute Gasteiger partial charge is 0.340 e. The number of benzene rings is 2. The number of nitrogens with one attached hydrogen (secondary N) is 1. The summed E-state index contributed by atoms with van der Waals surface area (Å²) in [5.74, 6) is -1.61. The average molecular weight is 394 g/mol. The minimum Gasteiger partial charge on any atom is -0.449 e. The zero-order valence-electron chi connectivity index (χ0n) is 13.5. The van der Waals surface area contributed by atoms with E-state index in [9.17, 15) is 14.0 Å². The van der Waals surface area contributed by atoms with E-state index in [2.05, 4.69) is 21.2 Å². The zero-order chi connectivity index (χ0) is 17.9. The number of ether oxygens (including phenoxy) is 1. The lowest BCUT2D eigenvalue weighted by atomic mass is 10.1. The Labute approximate surface area is 148 Å². The molecule has 1 N–H and O–H groups in total. The highest BCUT2D eigenvalue weighted by molar-refractivity contribution is 9.10. The number of halogens is 2. The second-order valence-corrected chi connectivity index (χ2v) is 6.28. The molecule has 0 saturated carbocycles. The predicted molar refractivity (Wildman–Crippen MR) is 93.5 cm³/mol. The van der Waals surface area contributed by atoms with Crippen molar-refractivity contribution in [3.05, 3.63) is 63.4 Å². The van der Waals surface area contributed by atoms with Crippen LogP contribution in [0.2, 0.25) is 0 Å². The van der Waals surface area contributed by atoms with Crippen molar-refractivity contribution in [2.24, 2.45) is 0 Å². The van der Waals surface area contributed by atoms with Crippen LogP contribution in [0.5, 0.6) is 0 Å². The largest absolute Gasteiger partial charge is 0.449 e. The topological polar surface area (TPSA) is 55.4 Å². The van der Waals surface area contributed by atoms with Gasteiger partial charge in [0.15, 0.2) is 6.10 Å². The molecule has 0 aromatic heterocycles. The van der Waals surface area contributed by atoms with Crippen LogP contribution in [0.1, 0.15) is 28.4 Å². The predicted octanol–water partition coefficient (Wildman–Crippen LogP) is 4.39. The molecule has 0 fully saturated rings. The van der Waals surface area contributed by atoms with Gasteiger partial charge in [0.25, 0.3) is 5.91 Å². The van der Waals surface area contributed by atoms with Crippen LogP contribution in [0.3, 0.4) is 0 Å². The van der Waals surface area contributed by atoms with Crippen molar-refractivity contribution in [1.29, 1.82) is 0 Å². The molecule has 24 heavy (non-hydrogen) atoms. The van der Waals surface area contributed by atoms with Crippen LogP contribution < -0.4 is 5.32 Å². The SMILES string of the molecule is Cc1cccc(C)c1NC(=O)[C@H](C)OC(=O)c1ccc(F)cc1Br. The minimum atomic E-state index is -0.992. The van der Waals surface area contributed by atoms with Gasteiger partial charge in [-0.3, -0.25) is 4.79 Å². The van der Waals surface area contributed by atoms with E-state index in [-0.39, 0.29) is 10.0 Å². The Morgan fingerprint density at radius 2 is 1.79 bits per heavy atom. The van der Waals surface area contributed by atoms with E-state index in [1.54, 1.807) is 0 Å². The highest BCUT2D eigenvalue weighted by Gasteiger charge is 2.21. The van der Waals surface area contributed by atoms with Gasteiger partial charge in [0.1, 0.15) is 5.82 Å². The second kappa shape index (κ2) is 7.57. The van der Waals surface area contributed by atoms with Crippen LogP contribution in [0.15, 0.2) is 40.9 Å². The molecule has 0 radical (unpaired) electrons. The standard InChI is InChI=1S/C18H17BrFNO3/c1-10-5-4-6-11(2)16(10)21-17(22)12(3)24-18(23)14-8-7-13(20)9-15(14)19/h4-9,12H,1-3H3,(H,21,22)/t12-/m0/s1. The molecule has 0 saturated heterocycles. The molecule has 1 amide bonds. The number of amides is 1. The first-order chi connectivity index (χ1) is 11.3. The number of anilines is 1. The summed E-state index contributed by atoms with van der Waals surface area (Å²) in [4.78, 5) is 24.4. The van der Waals surface area contributed by atoms with Crippen LogP contribution in [0.4, 0.5) is 10.1 Å². The third-order valence-corrected chi connectivity index (χ3v) is 4.19. The van der Waals surface area contributed by atoms with Gasteiger partial charge >= 0.3 is 5.97 Å². The van der Waals surface area contributed by atoms with Gasteiger partial charge in [0, 0.05) is 10.2 Å². The van der Waals surface area contributed by atoms with Crippen molar-refractivity contribution in [2.45, 2.75) is 26.9 Å². The molecule has 0 heterocycles. The third-order valence-electron chi connectivity index (χ3n) is 3.53. The molecule has 0 aliphatic heterocycles. The zero-order valence-corrected chi connectivity index (χ0v) is 15.1. The molecule has 2 aromatic rings. The molecule has 4 nitrogen and oxygen atoms in total. The summed E-state index contributed by atoms with van der Waals surface area (Å²) in [6.07, 6.45) is -0.992. The number of hydrogen-bond acceptors (Lipinski definition) is 3. The number of para-hydroxylation sites is 1. The minimum absolute atomic E-state index is 0.156. The third kappa shape index (κ3) is 4.20. The summed E-state index contributed by atoms with van der Waals surface area (Å²) in [5, 5.41) is 2.77. The summed E-state index contributed by atoms with van der Waals surface area (Å²) in [5.41, 5.74) is 2.70. The van der Waals surface area contributed by atoms with E-state index in [0.717, 1.165) is 23.3 Å². The number of carbonyl (C=O) groups is 2. The maximum atomic E-state index is 13.1. The highest BCUT2D eigenvalue weighted by Crippen LogP contribution is 2.21. The first kappa shape index (κ1) is 18.1. The molecule has 0 aliphatic rings. The number of esters is 1. The van der Waals surface area contributed by atoms with Crippen LogP contribution >= 0.6 is 15.9 Å². The number of carbonyl (C=O) groups excluding carboxylic acids is 2. The van der Waals surface area contributed by atoms with Gasteiger partial charge in [-0.15, -0.1) is 0 Å². The lowest BCUT2D eigenvalue weighted by molar-refractivity contribution is -0.123. The van der Waals surface area contributed by atoms with E-state index < -0.39 is 23.8 Å².